The third-order valence-electron chi connectivity index (χ3n) is 4.70. The third kappa shape index (κ3) is 3.34. The van der Waals surface area contributed by atoms with Crippen LogP contribution in [0.4, 0.5) is 11.6 Å². The number of aryl methyl sites for hydroxylation is 2. The molecule has 1 aliphatic rings. The maximum Gasteiger partial charge on any atom is 0.357 e. The lowest BCUT2D eigenvalue weighted by Crippen LogP contribution is -2.82. The lowest BCUT2D eigenvalue weighted by atomic mass is 10.1. The van der Waals surface area contributed by atoms with Gasteiger partial charge in [-0.25, -0.2) is 20.2 Å². The fraction of sp³-hybridized carbons (Fsp3) is 0.190. The van der Waals surface area contributed by atoms with Gasteiger partial charge in [0.05, 0.1) is 12.8 Å². The van der Waals surface area contributed by atoms with Gasteiger partial charge in [0.2, 0.25) is 0 Å². The van der Waals surface area contributed by atoms with Crippen molar-refractivity contribution in [2.24, 2.45) is 0 Å². The minimum Gasteiger partial charge on any atom is -0.497 e. The highest BCUT2D eigenvalue weighted by Crippen LogP contribution is 2.20. The standard InChI is InChI=1S/C21H21N5O2/c1-13-6-4-5-7-17(13)19-24-20(23-15-8-10-16(28-3)11-9-15)25-21-22-14(2)12-18(27)26(19)21/h4-12,19H,1-3H3,(H2,22,23,24,25)/p+1. The van der Waals surface area contributed by atoms with Crippen LogP contribution in [0, 0.1) is 13.8 Å². The Balaban J connectivity index is 1.78. The van der Waals surface area contributed by atoms with E-state index in [-0.39, 0.29) is 11.7 Å². The summed E-state index contributed by atoms with van der Waals surface area (Å²) in [7, 11) is 1.64. The van der Waals surface area contributed by atoms with Crippen molar-refractivity contribution in [3.63, 3.8) is 0 Å². The van der Waals surface area contributed by atoms with E-state index in [0.29, 0.717) is 17.6 Å². The molecule has 0 saturated heterocycles. The monoisotopic (exact) mass is 376 g/mol. The van der Waals surface area contributed by atoms with Gasteiger partial charge in [0, 0.05) is 17.3 Å². The maximum absolute atomic E-state index is 12.7. The lowest BCUT2D eigenvalue weighted by Gasteiger charge is -2.24. The maximum atomic E-state index is 12.7. The highest BCUT2D eigenvalue weighted by Gasteiger charge is 2.29. The summed E-state index contributed by atoms with van der Waals surface area (Å²) in [6, 6.07) is 17.1. The highest BCUT2D eigenvalue weighted by atomic mass is 16.5. The van der Waals surface area contributed by atoms with Crippen molar-refractivity contribution in [3.05, 3.63) is 81.8 Å². The minimum absolute atomic E-state index is 0.112. The molecule has 7 heteroatoms. The number of nitrogens with one attached hydrogen (secondary N) is 3. The molecule has 7 nitrogen and oxygen atoms in total. The molecule has 0 spiro atoms. The van der Waals surface area contributed by atoms with Gasteiger partial charge in [0.15, 0.2) is 6.17 Å². The number of nitrogens with zero attached hydrogens (tertiary/aromatic N) is 2. The first kappa shape index (κ1) is 17.8. The van der Waals surface area contributed by atoms with E-state index < -0.39 is 0 Å². The average molecular weight is 376 g/mol. The normalized spacial score (nSPS) is 15.2. The van der Waals surface area contributed by atoms with Crippen LogP contribution in [0.15, 0.2) is 59.4 Å². The van der Waals surface area contributed by atoms with E-state index in [1.165, 1.54) is 0 Å². The molecule has 142 valence electrons. The molecule has 0 fully saturated rings. The second-order valence-corrected chi connectivity index (χ2v) is 6.69. The predicted molar refractivity (Wildman–Crippen MR) is 109 cm³/mol. The molecule has 1 atom stereocenters. The Morgan fingerprint density at radius 2 is 1.89 bits per heavy atom. The van der Waals surface area contributed by atoms with Gasteiger partial charge in [-0.2, -0.15) is 0 Å². The third-order valence-corrected chi connectivity index (χ3v) is 4.70. The van der Waals surface area contributed by atoms with Crippen LogP contribution in [0.1, 0.15) is 23.0 Å². The summed E-state index contributed by atoms with van der Waals surface area (Å²) in [5.74, 6) is 1.93. The summed E-state index contributed by atoms with van der Waals surface area (Å²) >= 11 is 0. The zero-order valence-electron chi connectivity index (χ0n) is 16.0. The average Bonchev–Trinajstić information content (AvgIpc) is 2.68. The van der Waals surface area contributed by atoms with Gasteiger partial charge < -0.3 is 4.74 Å². The van der Waals surface area contributed by atoms with E-state index in [4.69, 9.17) is 4.74 Å². The fourth-order valence-electron chi connectivity index (χ4n) is 3.29. The molecule has 0 bridgehead atoms. The Hall–Kier alpha value is -3.61. The van der Waals surface area contributed by atoms with Crippen LogP contribution in [0.2, 0.25) is 0 Å². The Morgan fingerprint density at radius 1 is 1.14 bits per heavy atom. The van der Waals surface area contributed by atoms with Crippen LogP contribution in [0.3, 0.4) is 0 Å². The summed E-state index contributed by atoms with van der Waals surface area (Å²) in [6.07, 6.45) is -0.376. The second kappa shape index (κ2) is 7.19. The van der Waals surface area contributed by atoms with Crippen LogP contribution in [-0.2, 0) is 0 Å². The Bertz CT molecular complexity index is 1100. The summed E-state index contributed by atoms with van der Waals surface area (Å²) in [4.78, 5) is 20.6. The molecule has 3 N–H and O–H groups in total. The van der Waals surface area contributed by atoms with E-state index in [1.807, 2.05) is 62.4 Å². The zero-order valence-corrected chi connectivity index (χ0v) is 16.0. The number of methoxy groups -OCH3 is 1. The first-order valence-corrected chi connectivity index (χ1v) is 9.02. The first-order chi connectivity index (χ1) is 13.5. The van der Waals surface area contributed by atoms with Gasteiger partial charge in [-0.15, -0.1) is 0 Å². The first-order valence-electron chi connectivity index (χ1n) is 9.02. The van der Waals surface area contributed by atoms with E-state index in [2.05, 4.69) is 20.6 Å². The van der Waals surface area contributed by atoms with E-state index >= 15 is 0 Å². The van der Waals surface area contributed by atoms with Crippen molar-refractivity contribution < 1.29 is 9.73 Å². The molecule has 0 amide bonds. The van der Waals surface area contributed by atoms with E-state index in [9.17, 15) is 4.79 Å². The van der Waals surface area contributed by atoms with Gasteiger partial charge in [-0.1, -0.05) is 24.3 Å². The number of hydrogen-bond acceptors (Lipinski definition) is 5. The molecule has 0 saturated carbocycles. The van der Waals surface area contributed by atoms with Crippen molar-refractivity contribution in [2.75, 3.05) is 17.7 Å². The number of fused-ring (bicyclic) bond motifs is 1. The lowest BCUT2D eigenvalue weighted by molar-refractivity contribution is -0.520. The van der Waals surface area contributed by atoms with Gasteiger partial charge in [-0.3, -0.25) is 9.79 Å². The smallest absolute Gasteiger partial charge is 0.357 e. The largest absolute Gasteiger partial charge is 0.497 e. The summed E-state index contributed by atoms with van der Waals surface area (Å²) in [5.41, 5.74) is 3.52. The molecule has 2 aromatic carbocycles. The number of anilines is 2. The predicted octanol–water partition coefficient (Wildman–Crippen LogP) is 1.39. The molecule has 28 heavy (non-hydrogen) atoms. The summed E-state index contributed by atoms with van der Waals surface area (Å²) < 4.78 is 6.84. The Morgan fingerprint density at radius 3 is 2.61 bits per heavy atom. The summed E-state index contributed by atoms with van der Waals surface area (Å²) in [6.45, 7) is 3.84. The van der Waals surface area contributed by atoms with Gasteiger partial charge in [-0.05, 0) is 43.7 Å². The Kier molecular flexibility index (Phi) is 4.57. The topological polar surface area (TPSA) is 82.2 Å². The van der Waals surface area contributed by atoms with Crippen molar-refractivity contribution in [1.29, 1.82) is 0 Å². The van der Waals surface area contributed by atoms with Crippen molar-refractivity contribution in [2.45, 2.75) is 20.0 Å². The molecule has 1 aliphatic heterocycles. The van der Waals surface area contributed by atoms with Crippen LogP contribution in [0.5, 0.6) is 5.75 Å². The van der Waals surface area contributed by atoms with Gasteiger partial charge in [0.1, 0.15) is 5.75 Å². The van der Waals surface area contributed by atoms with Gasteiger partial charge in [0.25, 0.3) is 11.5 Å². The molecule has 0 radical (unpaired) electrons. The molecule has 1 aromatic heterocycles. The quantitative estimate of drug-likeness (QED) is 0.644. The van der Waals surface area contributed by atoms with Crippen molar-refractivity contribution >= 4 is 17.6 Å². The van der Waals surface area contributed by atoms with E-state index in [0.717, 1.165) is 22.6 Å². The SMILES string of the molecule is COc1ccc(NC2=[NH+]C(c3ccccc3C)n3c(nc(C)cc3=O)N2)cc1. The molecule has 1 unspecified atom stereocenters. The number of aromatic nitrogens is 2. The number of rotatable bonds is 3. The number of guanidine groups is 1. The minimum atomic E-state index is -0.376. The molecular weight excluding hydrogens is 354 g/mol. The highest BCUT2D eigenvalue weighted by molar-refractivity contribution is 5.99. The van der Waals surface area contributed by atoms with Crippen LogP contribution in [-0.4, -0.2) is 22.6 Å². The molecule has 4 rings (SSSR count). The zero-order chi connectivity index (χ0) is 19.7. The molecular formula is C21H22N5O2+. The van der Waals surface area contributed by atoms with Crippen molar-refractivity contribution in [1.82, 2.24) is 9.55 Å². The number of hydrogen-bond donors (Lipinski definition) is 3. The van der Waals surface area contributed by atoms with Crippen LogP contribution >= 0.6 is 0 Å². The molecule has 2 heterocycles. The fourth-order valence-corrected chi connectivity index (χ4v) is 3.29. The van der Waals surface area contributed by atoms with Crippen LogP contribution < -0.4 is 25.9 Å². The summed E-state index contributed by atoms with van der Waals surface area (Å²) in [5, 5.41) is 6.50. The molecule has 0 aliphatic carbocycles. The van der Waals surface area contributed by atoms with Crippen LogP contribution in [0.25, 0.3) is 0 Å². The number of benzene rings is 2. The second-order valence-electron chi connectivity index (χ2n) is 6.69. The van der Waals surface area contributed by atoms with Crippen molar-refractivity contribution in [3.8, 4) is 5.75 Å². The van der Waals surface area contributed by atoms with E-state index in [1.54, 1.807) is 17.7 Å². The Labute approximate surface area is 162 Å². The molecule has 3 aromatic rings. The van der Waals surface area contributed by atoms with Gasteiger partial charge >= 0.3 is 5.96 Å². The number of ether oxygens (including phenoxy) is 1.